The van der Waals surface area contributed by atoms with Crippen LogP contribution < -0.4 is 15.4 Å². The molecule has 2 aliphatic rings. The molecule has 186 valence electrons. The minimum atomic E-state index is 0. The lowest BCUT2D eigenvalue weighted by Gasteiger charge is -2.39. The smallest absolute Gasteiger partial charge is 0.243 e. The molecular formula is C25H42IN5O2. The lowest BCUT2D eigenvalue weighted by molar-refractivity contribution is -0.127. The van der Waals surface area contributed by atoms with Crippen LogP contribution in [0.25, 0.3) is 0 Å². The number of guanidine groups is 1. The van der Waals surface area contributed by atoms with Gasteiger partial charge in [0.1, 0.15) is 12.3 Å². The molecule has 1 saturated heterocycles. The first-order valence-electron chi connectivity index (χ1n) is 12.2. The van der Waals surface area contributed by atoms with Crippen LogP contribution in [0.4, 0.5) is 0 Å². The van der Waals surface area contributed by atoms with Crippen LogP contribution in [-0.2, 0) is 11.2 Å². The van der Waals surface area contributed by atoms with Crippen LogP contribution in [0.2, 0.25) is 0 Å². The van der Waals surface area contributed by atoms with Gasteiger partial charge in [0, 0.05) is 45.8 Å². The lowest BCUT2D eigenvalue weighted by atomic mass is 9.92. The summed E-state index contributed by atoms with van der Waals surface area (Å²) in [7, 11) is 5.21. The summed E-state index contributed by atoms with van der Waals surface area (Å²) in [5, 5.41) is 7.04. The summed E-state index contributed by atoms with van der Waals surface area (Å²) < 4.78 is 5.23. The molecule has 0 unspecified atom stereocenters. The van der Waals surface area contributed by atoms with E-state index in [1.54, 1.807) is 26.1 Å². The van der Waals surface area contributed by atoms with Crippen molar-refractivity contribution in [3.63, 3.8) is 0 Å². The molecule has 2 fully saturated rings. The van der Waals surface area contributed by atoms with Crippen molar-refractivity contribution in [3.8, 4) is 5.75 Å². The molecule has 2 N–H and O–H groups in total. The van der Waals surface area contributed by atoms with Crippen molar-refractivity contribution in [2.24, 2.45) is 4.99 Å². The Balaban J connectivity index is 0.00000385. The average Bonchev–Trinajstić information content (AvgIpc) is 2.83. The third-order valence-corrected chi connectivity index (χ3v) is 6.70. The van der Waals surface area contributed by atoms with E-state index in [1.807, 2.05) is 12.1 Å². The van der Waals surface area contributed by atoms with Crippen molar-refractivity contribution >= 4 is 35.8 Å². The quantitative estimate of drug-likeness (QED) is 0.285. The second kappa shape index (κ2) is 14.7. The van der Waals surface area contributed by atoms with Crippen LogP contribution in [0.1, 0.15) is 50.5 Å². The van der Waals surface area contributed by atoms with Crippen molar-refractivity contribution in [2.75, 3.05) is 47.4 Å². The third kappa shape index (κ3) is 9.31. The van der Waals surface area contributed by atoms with Gasteiger partial charge in [-0.25, -0.2) is 4.99 Å². The van der Waals surface area contributed by atoms with E-state index in [1.165, 1.54) is 37.7 Å². The molecule has 0 atom stereocenters. The first kappa shape index (κ1) is 27.7. The van der Waals surface area contributed by atoms with Gasteiger partial charge in [-0.3, -0.25) is 4.79 Å². The fourth-order valence-corrected chi connectivity index (χ4v) is 4.61. The van der Waals surface area contributed by atoms with Crippen LogP contribution in [0, 0.1) is 0 Å². The Morgan fingerprint density at radius 2 is 1.76 bits per heavy atom. The Bertz CT molecular complexity index is 727. The Morgan fingerprint density at radius 1 is 1.09 bits per heavy atom. The van der Waals surface area contributed by atoms with Gasteiger partial charge >= 0.3 is 0 Å². The van der Waals surface area contributed by atoms with Gasteiger partial charge in [-0.2, -0.15) is 0 Å². The number of carbonyl (C=O) groups is 1. The zero-order valence-electron chi connectivity index (χ0n) is 20.5. The van der Waals surface area contributed by atoms with E-state index in [0.717, 1.165) is 56.6 Å². The molecule has 1 heterocycles. The molecule has 8 heteroatoms. The van der Waals surface area contributed by atoms with Gasteiger partial charge in [0.15, 0.2) is 5.96 Å². The number of nitrogens with zero attached hydrogens (tertiary/aromatic N) is 3. The monoisotopic (exact) mass is 571 g/mol. The van der Waals surface area contributed by atoms with E-state index in [9.17, 15) is 4.79 Å². The van der Waals surface area contributed by atoms with Crippen LogP contribution >= 0.6 is 24.0 Å². The van der Waals surface area contributed by atoms with E-state index in [0.29, 0.717) is 6.04 Å². The third-order valence-electron chi connectivity index (χ3n) is 6.70. The van der Waals surface area contributed by atoms with Gasteiger partial charge in [-0.15, -0.1) is 24.0 Å². The van der Waals surface area contributed by atoms with Gasteiger partial charge in [-0.05, 0) is 49.8 Å². The molecule has 1 aliphatic heterocycles. The van der Waals surface area contributed by atoms with Gasteiger partial charge in [0.2, 0.25) is 5.91 Å². The minimum absolute atomic E-state index is 0. The largest absolute Gasteiger partial charge is 0.497 e. The number of hydrogen-bond acceptors (Lipinski definition) is 4. The highest BCUT2D eigenvalue weighted by molar-refractivity contribution is 14.0. The number of ether oxygens (including phenoxy) is 1. The van der Waals surface area contributed by atoms with E-state index < -0.39 is 0 Å². The summed E-state index contributed by atoms with van der Waals surface area (Å²) in [6.07, 6.45) is 10.0. The zero-order valence-corrected chi connectivity index (χ0v) is 22.8. The maximum absolute atomic E-state index is 12.1. The summed E-state index contributed by atoms with van der Waals surface area (Å²) in [4.78, 5) is 20.9. The molecule has 1 aromatic carbocycles. The van der Waals surface area contributed by atoms with Gasteiger partial charge < -0.3 is 25.2 Å². The minimum Gasteiger partial charge on any atom is -0.497 e. The number of halogens is 1. The molecule has 1 aliphatic carbocycles. The Morgan fingerprint density at radius 3 is 2.36 bits per heavy atom. The number of aliphatic imine (C=N–C) groups is 1. The fraction of sp³-hybridized carbons (Fsp3) is 0.680. The van der Waals surface area contributed by atoms with Crippen molar-refractivity contribution in [3.05, 3.63) is 29.8 Å². The number of likely N-dealkylation sites (tertiary alicyclic amines) is 1. The van der Waals surface area contributed by atoms with Crippen LogP contribution in [0.5, 0.6) is 5.75 Å². The van der Waals surface area contributed by atoms with E-state index in [4.69, 9.17) is 4.74 Å². The molecule has 1 amide bonds. The van der Waals surface area contributed by atoms with E-state index >= 15 is 0 Å². The first-order chi connectivity index (χ1) is 15.5. The number of likely N-dealkylation sites (N-methyl/N-ethyl adjacent to an activating group) is 1. The number of benzene rings is 1. The highest BCUT2D eigenvalue weighted by Gasteiger charge is 2.26. The van der Waals surface area contributed by atoms with Crippen molar-refractivity contribution in [1.82, 2.24) is 20.4 Å². The number of amides is 1. The number of nitrogens with one attached hydrogen (secondary N) is 2. The standard InChI is InChI=1S/C25H41N5O2.HI/c1-29(2)24(31)19-27-25(26-16-13-20-9-11-23(32-3)12-10-20)28-21-14-17-30(18-15-21)22-7-5-4-6-8-22;/h9-12,21-22H,4-8,13-19H2,1-3H3,(H2,26,27,28);1H. The molecule has 7 nitrogen and oxygen atoms in total. The first-order valence-corrected chi connectivity index (χ1v) is 12.2. The predicted octanol–water partition coefficient (Wildman–Crippen LogP) is 3.28. The number of carbonyl (C=O) groups excluding carboxylic acids is 1. The lowest BCUT2D eigenvalue weighted by Crippen LogP contribution is -2.51. The number of methoxy groups -OCH3 is 1. The summed E-state index contributed by atoms with van der Waals surface area (Å²) >= 11 is 0. The molecule has 1 aromatic rings. The molecule has 0 bridgehead atoms. The molecular weight excluding hydrogens is 529 g/mol. The van der Waals surface area contributed by atoms with E-state index in [-0.39, 0.29) is 36.4 Å². The summed E-state index contributed by atoms with van der Waals surface area (Å²) in [6, 6.07) is 9.33. The van der Waals surface area contributed by atoms with Crippen LogP contribution in [-0.4, -0.2) is 81.1 Å². The summed E-state index contributed by atoms with van der Waals surface area (Å²) in [5.74, 6) is 1.62. The normalized spacial score (nSPS) is 18.3. The molecule has 0 radical (unpaired) electrons. The molecule has 1 saturated carbocycles. The van der Waals surface area contributed by atoms with Crippen LogP contribution in [0.15, 0.2) is 29.3 Å². The Kier molecular flexibility index (Phi) is 12.3. The molecule has 33 heavy (non-hydrogen) atoms. The van der Waals surface area contributed by atoms with Crippen LogP contribution in [0.3, 0.4) is 0 Å². The molecule has 3 rings (SSSR count). The van der Waals surface area contributed by atoms with E-state index in [2.05, 4.69) is 32.7 Å². The maximum atomic E-state index is 12.1. The molecule has 0 aromatic heterocycles. The van der Waals surface area contributed by atoms with Gasteiger partial charge in [0.05, 0.1) is 7.11 Å². The Hall–Kier alpha value is -1.55. The predicted molar refractivity (Wildman–Crippen MR) is 146 cm³/mol. The highest BCUT2D eigenvalue weighted by Crippen LogP contribution is 2.25. The average molecular weight is 572 g/mol. The number of rotatable bonds is 8. The second-order valence-corrected chi connectivity index (χ2v) is 9.22. The molecule has 0 spiro atoms. The highest BCUT2D eigenvalue weighted by atomic mass is 127. The van der Waals surface area contributed by atoms with Crippen molar-refractivity contribution in [2.45, 2.75) is 63.5 Å². The maximum Gasteiger partial charge on any atom is 0.243 e. The number of hydrogen-bond donors (Lipinski definition) is 2. The zero-order chi connectivity index (χ0) is 22.8. The topological polar surface area (TPSA) is 69.2 Å². The fourth-order valence-electron chi connectivity index (χ4n) is 4.61. The van der Waals surface area contributed by atoms with Gasteiger partial charge in [0.25, 0.3) is 0 Å². The second-order valence-electron chi connectivity index (χ2n) is 9.22. The summed E-state index contributed by atoms with van der Waals surface area (Å²) in [6.45, 7) is 3.22. The Labute approximate surface area is 216 Å². The summed E-state index contributed by atoms with van der Waals surface area (Å²) in [5.41, 5.74) is 1.24. The van der Waals surface area contributed by atoms with Gasteiger partial charge in [-0.1, -0.05) is 31.4 Å². The SMILES string of the molecule is COc1ccc(CCNC(=NCC(=O)N(C)C)NC2CCN(C3CCCCC3)CC2)cc1.I. The van der Waals surface area contributed by atoms with Crippen molar-refractivity contribution in [1.29, 1.82) is 0 Å². The van der Waals surface area contributed by atoms with Crippen molar-refractivity contribution < 1.29 is 9.53 Å². The number of piperidine rings is 1.